The number of hydrogen-bond acceptors (Lipinski definition) is 2. The van der Waals surface area contributed by atoms with Gasteiger partial charge in [0, 0.05) is 31.7 Å². The second kappa shape index (κ2) is 6.83. The first-order valence-electron chi connectivity index (χ1n) is 8.64. The predicted molar refractivity (Wildman–Crippen MR) is 93.3 cm³/mol. The monoisotopic (exact) mass is 313 g/mol. The van der Waals surface area contributed by atoms with Gasteiger partial charge in [-0.15, -0.1) is 0 Å². The highest BCUT2D eigenvalue weighted by Gasteiger charge is 2.32. The van der Waals surface area contributed by atoms with E-state index in [9.17, 15) is 4.79 Å². The van der Waals surface area contributed by atoms with Crippen molar-refractivity contribution in [3.63, 3.8) is 0 Å². The van der Waals surface area contributed by atoms with Crippen LogP contribution in [0.1, 0.15) is 33.1 Å². The maximum Gasteiger partial charge on any atom is 0.235 e. The lowest BCUT2D eigenvalue weighted by Gasteiger charge is -2.26. The molecule has 1 fully saturated rings. The van der Waals surface area contributed by atoms with Gasteiger partial charge < -0.3 is 10.2 Å². The fraction of sp³-hybridized carbons (Fsp3) is 0.526. The number of rotatable bonds is 4. The molecule has 0 spiro atoms. The van der Waals surface area contributed by atoms with E-state index in [1.165, 1.54) is 54.9 Å². The van der Waals surface area contributed by atoms with Crippen LogP contribution in [-0.4, -0.2) is 54.3 Å². The first kappa shape index (κ1) is 16.2. The number of carbonyl (C=O) groups excluding carboxylic acids is 1. The van der Waals surface area contributed by atoms with Crippen molar-refractivity contribution in [3.8, 4) is 0 Å². The molecule has 1 aliphatic carbocycles. The Bertz CT molecular complexity index is 619. The third kappa shape index (κ3) is 3.32. The SMILES string of the molecule is CC1=C(C)[N+](C)=C2C=C[C](C(=O)NCCN3CCCCC3)C=C12. The highest BCUT2D eigenvalue weighted by molar-refractivity contribution is 6.14. The average Bonchev–Trinajstić information content (AvgIpc) is 2.80. The zero-order valence-corrected chi connectivity index (χ0v) is 14.5. The zero-order chi connectivity index (χ0) is 16.4. The first-order valence-corrected chi connectivity index (χ1v) is 8.64. The molecule has 1 radical (unpaired) electrons. The topological polar surface area (TPSA) is 35.4 Å². The Kier molecular flexibility index (Phi) is 4.81. The van der Waals surface area contributed by atoms with Gasteiger partial charge in [0.05, 0.1) is 5.57 Å². The van der Waals surface area contributed by atoms with Gasteiger partial charge in [0.15, 0.2) is 5.70 Å². The van der Waals surface area contributed by atoms with Crippen molar-refractivity contribution in [2.45, 2.75) is 33.1 Å². The van der Waals surface area contributed by atoms with Crippen LogP contribution in [-0.2, 0) is 4.79 Å². The third-order valence-corrected chi connectivity index (χ3v) is 5.23. The number of nitrogens with one attached hydrogen (secondary N) is 1. The molecular formula is C19H27N3O+. The minimum absolute atomic E-state index is 0.0322. The van der Waals surface area contributed by atoms with E-state index in [2.05, 4.69) is 41.8 Å². The van der Waals surface area contributed by atoms with Crippen molar-refractivity contribution in [1.82, 2.24) is 10.2 Å². The van der Waals surface area contributed by atoms with Gasteiger partial charge in [-0.25, -0.2) is 0 Å². The van der Waals surface area contributed by atoms with E-state index in [0.29, 0.717) is 0 Å². The second-order valence-electron chi connectivity index (χ2n) is 6.66. The van der Waals surface area contributed by atoms with Crippen molar-refractivity contribution in [2.24, 2.45) is 0 Å². The summed E-state index contributed by atoms with van der Waals surface area (Å²) in [7, 11) is 2.07. The van der Waals surface area contributed by atoms with Crippen LogP contribution in [0.2, 0.25) is 0 Å². The van der Waals surface area contributed by atoms with Crippen LogP contribution in [0.4, 0.5) is 0 Å². The Labute approximate surface area is 139 Å². The largest absolute Gasteiger partial charge is 0.354 e. The van der Waals surface area contributed by atoms with Crippen molar-refractivity contribution in [3.05, 3.63) is 41.0 Å². The highest BCUT2D eigenvalue weighted by Crippen LogP contribution is 2.29. The Balaban J connectivity index is 1.56. The minimum Gasteiger partial charge on any atom is -0.354 e. The molecule has 1 saturated heterocycles. The number of carbonyl (C=O) groups is 1. The first-order chi connectivity index (χ1) is 11.1. The van der Waals surface area contributed by atoms with E-state index < -0.39 is 0 Å². The molecule has 0 aromatic heterocycles. The summed E-state index contributed by atoms with van der Waals surface area (Å²) in [5, 5.41) is 3.06. The summed E-state index contributed by atoms with van der Waals surface area (Å²) in [5.74, 6) is 0.787. The fourth-order valence-electron chi connectivity index (χ4n) is 3.51. The standard InChI is InChI=1S/C19H26N3O/c1-14-15(2)21(3)18-8-7-16(13-17(14)18)19(23)20-9-12-22-10-5-4-6-11-22/h7-8,13H,4-6,9-12H2,1-3H3/p+1. The lowest BCUT2D eigenvalue weighted by Crippen LogP contribution is -2.39. The fourth-order valence-corrected chi connectivity index (χ4v) is 3.51. The van der Waals surface area contributed by atoms with Gasteiger partial charge >= 0.3 is 0 Å². The number of fused-ring (bicyclic) bond motifs is 1. The molecule has 1 N–H and O–H groups in total. The maximum absolute atomic E-state index is 12.4. The second-order valence-corrected chi connectivity index (χ2v) is 6.66. The van der Waals surface area contributed by atoms with Gasteiger partial charge in [0.1, 0.15) is 13.0 Å². The van der Waals surface area contributed by atoms with E-state index in [-0.39, 0.29) is 5.91 Å². The van der Waals surface area contributed by atoms with Crippen LogP contribution in [0.3, 0.4) is 0 Å². The van der Waals surface area contributed by atoms with Crippen molar-refractivity contribution in [2.75, 3.05) is 33.2 Å². The molecule has 3 rings (SSSR count). The van der Waals surface area contributed by atoms with Gasteiger partial charge in [-0.1, -0.05) is 12.5 Å². The van der Waals surface area contributed by atoms with E-state index >= 15 is 0 Å². The summed E-state index contributed by atoms with van der Waals surface area (Å²) < 4.78 is 2.18. The molecule has 0 atom stereocenters. The van der Waals surface area contributed by atoms with Crippen LogP contribution < -0.4 is 5.32 Å². The molecule has 0 aromatic rings. The number of hydrogen-bond donors (Lipinski definition) is 1. The van der Waals surface area contributed by atoms with Crippen LogP contribution >= 0.6 is 0 Å². The van der Waals surface area contributed by atoms with E-state index in [1.807, 2.05) is 12.2 Å². The van der Waals surface area contributed by atoms with Gasteiger partial charge in [-0.2, -0.15) is 4.58 Å². The molecule has 4 heteroatoms. The predicted octanol–water partition coefficient (Wildman–Crippen LogP) is 2.05. The van der Waals surface area contributed by atoms with Crippen molar-refractivity contribution >= 4 is 11.6 Å². The van der Waals surface area contributed by atoms with Gasteiger partial charge in [0.2, 0.25) is 11.6 Å². The summed E-state index contributed by atoms with van der Waals surface area (Å²) in [6, 6.07) is 0. The van der Waals surface area contributed by atoms with Gasteiger partial charge in [-0.3, -0.25) is 4.79 Å². The molecule has 2 heterocycles. The van der Waals surface area contributed by atoms with Crippen LogP contribution in [0, 0.1) is 5.92 Å². The van der Waals surface area contributed by atoms with Crippen molar-refractivity contribution < 1.29 is 9.37 Å². The molecule has 1 amide bonds. The summed E-state index contributed by atoms with van der Waals surface area (Å²) >= 11 is 0. The van der Waals surface area contributed by atoms with Crippen molar-refractivity contribution in [1.29, 1.82) is 0 Å². The molecule has 23 heavy (non-hydrogen) atoms. The minimum atomic E-state index is 0.0322. The molecule has 0 saturated carbocycles. The summed E-state index contributed by atoms with van der Waals surface area (Å²) in [4.78, 5) is 14.8. The quantitative estimate of drug-likeness (QED) is 0.806. The van der Waals surface area contributed by atoms with Crippen LogP contribution in [0.15, 0.2) is 35.1 Å². The normalized spacial score (nSPS) is 22.5. The highest BCUT2D eigenvalue weighted by atomic mass is 16.1. The molecule has 123 valence electrons. The molecular weight excluding hydrogens is 286 g/mol. The average molecular weight is 313 g/mol. The molecule has 0 unspecified atom stereocenters. The molecule has 2 aliphatic heterocycles. The van der Waals surface area contributed by atoms with Crippen LogP contribution in [0.5, 0.6) is 0 Å². The smallest absolute Gasteiger partial charge is 0.235 e. The van der Waals surface area contributed by atoms with E-state index in [0.717, 1.165) is 19.0 Å². The Morgan fingerprint density at radius 3 is 2.70 bits per heavy atom. The Morgan fingerprint density at radius 2 is 1.96 bits per heavy atom. The Morgan fingerprint density at radius 1 is 1.22 bits per heavy atom. The Hall–Kier alpha value is -1.68. The summed E-state index contributed by atoms with van der Waals surface area (Å²) in [6.45, 7) is 8.26. The van der Waals surface area contributed by atoms with Crippen LogP contribution in [0.25, 0.3) is 0 Å². The lowest BCUT2D eigenvalue weighted by atomic mass is 9.92. The number of amides is 1. The third-order valence-electron chi connectivity index (χ3n) is 5.23. The summed E-state index contributed by atoms with van der Waals surface area (Å²) in [5.41, 5.74) is 4.87. The summed E-state index contributed by atoms with van der Waals surface area (Å²) in [6.07, 6.45) is 9.92. The van der Waals surface area contributed by atoms with Gasteiger partial charge in [0.25, 0.3) is 0 Å². The molecule has 4 nitrogen and oxygen atoms in total. The number of piperidine rings is 1. The maximum atomic E-state index is 12.4. The lowest BCUT2D eigenvalue weighted by molar-refractivity contribution is -0.439. The van der Waals surface area contributed by atoms with E-state index in [1.54, 1.807) is 0 Å². The number of allylic oxidation sites excluding steroid dienone is 4. The number of likely N-dealkylation sites (tertiary alicyclic amines) is 1. The van der Waals surface area contributed by atoms with E-state index in [4.69, 9.17) is 0 Å². The molecule has 3 aliphatic rings. The molecule has 0 aromatic carbocycles. The molecule has 0 bridgehead atoms. The zero-order valence-electron chi connectivity index (χ0n) is 14.5. The van der Waals surface area contributed by atoms with Gasteiger partial charge in [-0.05, 0) is 38.9 Å². The number of nitrogens with zero attached hydrogens (tertiary/aromatic N) is 2.